The van der Waals surface area contributed by atoms with Crippen LogP contribution in [0.1, 0.15) is 0 Å². The van der Waals surface area contributed by atoms with E-state index in [-0.39, 0.29) is 5.75 Å². The minimum atomic E-state index is -5.82. The van der Waals surface area contributed by atoms with Crippen LogP contribution in [0, 0.1) is 0 Å². The molecule has 31 heavy (non-hydrogen) atoms. The van der Waals surface area contributed by atoms with Crippen LogP contribution in [0.5, 0.6) is 5.75 Å². The normalized spacial score (nSPS) is 12.6. The molecule has 0 N–H and O–H groups in total. The Morgan fingerprint density at radius 3 is 2.19 bits per heavy atom. The lowest BCUT2D eigenvalue weighted by Gasteiger charge is -2.16. The minimum absolute atomic E-state index is 0.308. The van der Waals surface area contributed by atoms with Crippen molar-refractivity contribution in [3.63, 3.8) is 0 Å². The highest BCUT2D eigenvalue weighted by atomic mass is 32.2. The zero-order valence-electron chi connectivity index (χ0n) is 15.7. The van der Waals surface area contributed by atoms with Crippen molar-refractivity contribution in [2.24, 2.45) is 0 Å². The zero-order chi connectivity index (χ0) is 21.8. The summed E-state index contributed by atoms with van der Waals surface area (Å²) >= 11 is 1.50. The van der Waals surface area contributed by atoms with Crippen LogP contribution in [-0.2, 0) is 10.1 Å². The molecule has 0 bridgehead atoms. The summed E-state index contributed by atoms with van der Waals surface area (Å²) in [7, 11) is -5.82. The highest BCUT2D eigenvalue weighted by molar-refractivity contribution is 7.88. The maximum Gasteiger partial charge on any atom is 0.534 e. The van der Waals surface area contributed by atoms with Gasteiger partial charge < -0.3 is 4.18 Å². The third-order valence-electron chi connectivity index (χ3n) is 5.05. The first kappa shape index (κ1) is 19.8. The molecule has 0 fully saturated rings. The molecule has 0 amide bonds. The van der Waals surface area contributed by atoms with Crippen LogP contribution in [0.2, 0.25) is 0 Å². The fraction of sp³-hybridized carbons (Fsp3) is 0.0435. The van der Waals surface area contributed by atoms with Gasteiger partial charge in [-0.1, -0.05) is 66.7 Å². The second-order valence-electron chi connectivity index (χ2n) is 6.92. The monoisotopic (exact) mass is 458 g/mol. The lowest BCUT2D eigenvalue weighted by Crippen LogP contribution is -2.28. The van der Waals surface area contributed by atoms with Gasteiger partial charge in [-0.3, -0.25) is 0 Å². The Hall–Kier alpha value is -3.10. The predicted molar refractivity (Wildman–Crippen MR) is 118 cm³/mol. The van der Waals surface area contributed by atoms with Crippen LogP contribution >= 0.6 is 11.3 Å². The second-order valence-corrected chi connectivity index (χ2v) is 9.51. The molecule has 0 unspecified atom stereocenters. The predicted octanol–water partition coefficient (Wildman–Crippen LogP) is 7.10. The van der Waals surface area contributed by atoms with E-state index in [0.29, 0.717) is 16.5 Å². The molecule has 5 aromatic rings. The van der Waals surface area contributed by atoms with Gasteiger partial charge in [0.25, 0.3) is 0 Å². The Balaban J connectivity index is 1.86. The Labute approximate surface area is 179 Å². The summed E-state index contributed by atoms with van der Waals surface area (Å²) in [5.41, 5.74) is -4.61. The molecule has 0 atom stereocenters. The van der Waals surface area contributed by atoms with Gasteiger partial charge in [0, 0.05) is 31.3 Å². The van der Waals surface area contributed by atoms with Gasteiger partial charge in [0.05, 0.1) is 0 Å². The van der Waals surface area contributed by atoms with E-state index in [1.807, 2.05) is 36.4 Å². The van der Waals surface area contributed by atoms with Crippen molar-refractivity contribution >= 4 is 52.4 Å². The van der Waals surface area contributed by atoms with E-state index < -0.39 is 15.6 Å². The van der Waals surface area contributed by atoms with Crippen molar-refractivity contribution in [2.45, 2.75) is 5.51 Å². The topological polar surface area (TPSA) is 43.4 Å². The zero-order valence-corrected chi connectivity index (χ0v) is 17.3. The van der Waals surface area contributed by atoms with Crippen LogP contribution in [0.4, 0.5) is 13.2 Å². The fourth-order valence-electron chi connectivity index (χ4n) is 3.71. The number of benzene rings is 4. The second kappa shape index (κ2) is 6.96. The number of halogens is 3. The average Bonchev–Trinajstić information content (AvgIpc) is 3.12. The average molecular weight is 458 g/mol. The van der Waals surface area contributed by atoms with E-state index in [4.69, 9.17) is 0 Å². The van der Waals surface area contributed by atoms with Crippen LogP contribution in [0.25, 0.3) is 42.1 Å². The molecule has 8 heteroatoms. The third kappa shape index (κ3) is 3.23. The summed E-state index contributed by atoms with van der Waals surface area (Å²) in [4.78, 5) is 0. The highest BCUT2D eigenvalue weighted by Crippen LogP contribution is 2.45. The Bertz CT molecular complexity index is 1570. The molecule has 0 aliphatic carbocycles. The SMILES string of the molecule is O=S(=O)(Oc1ccc2ccccc2c1-c1cccc2c1sc1ccccc12)C(F)(F)F. The molecule has 0 aliphatic heterocycles. The van der Waals surface area contributed by atoms with Crippen LogP contribution in [0.15, 0.2) is 78.9 Å². The van der Waals surface area contributed by atoms with Crippen molar-refractivity contribution in [3.8, 4) is 16.9 Å². The van der Waals surface area contributed by atoms with Crippen molar-refractivity contribution in [3.05, 3.63) is 78.9 Å². The Kier molecular flexibility index (Phi) is 4.46. The van der Waals surface area contributed by atoms with Crippen molar-refractivity contribution in [1.82, 2.24) is 0 Å². The quantitative estimate of drug-likeness (QED) is 0.214. The molecular weight excluding hydrogens is 445 g/mol. The molecule has 5 rings (SSSR count). The molecule has 0 radical (unpaired) electrons. The van der Waals surface area contributed by atoms with Gasteiger partial charge >= 0.3 is 15.6 Å². The largest absolute Gasteiger partial charge is 0.534 e. The fourth-order valence-corrected chi connectivity index (χ4v) is 5.40. The van der Waals surface area contributed by atoms with Crippen molar-refractivity contribution in [2.75, 3.05) is 0 Å². The number of thiophene rings is 1. The summed E-state index contributed by atoms with van der Waals surface area (Å²) < 4.78 is 69.2. The van der Waals surface area contributed by atoms with Gasteiger partial charge in [0.15, 0.2) is 5.75 Å². The number of alkyl halides is 3. The van der Waals surface area contributed by atoms with E-state index in [0.717, 1.165) is 25.6 Å². The van der Waals surface area contributed by atoms with E-state index >= 15 is 0 Å². The van der Waals surface area contributed by atoms with Gasteiger partial charge in [-0.15, -0.1) is 11.3 Å². The molecule has 4 aromatic carbocycles. The lowest BCUT2D eigenvalue weighted by molar-refractivity contribution is -0.0499. The molecular formula is C23H13F3O3S2. The summed E-state index contributed by atoms with van der Waals surface area (Å²) in [6.45, 7) is 0. The van der Waals surface area contributed by atoms with Gasteiger partial charge in [0.2, 0.25) is 0 Å². The van der Waals surface area contributed by atoms with Crippen molar-refractivity contribution < 1.29 is 25.8 Å². The molecule has 3 nitrogen and oxygen atoms in total. The molecule has 0 aliphatic rings. The van der Waals surface area contributed by atoms with Gasteiger partial charge in [-0.05, 0) is 22.9 Å². The van der Waals surface area contributed by atoms with Crippen LogP contribution in [-0.4, -0.2) is 13.9 Å². The summed E-state index contributed by atoms with van der Waals surface area (Å²) in [5, 5.41) is 3.32. The number of rotatable bonds is 3. The molecule has 0 spiro atoms. The first-order valence-electron chi connectivity index (χ1n) is 9.19. The Morgan fingerprint density at radius 2 is 1.42 bits per heavy atom. The van der Waals surface area contributed by atoms with E-state index in [2.05, 4.69) is 4.18 Å². The maximum absolute atomic E-state index is 13.0. The third-order valence-corrected chi connectivity index (χ3v) is 7.23. The minimum Gasteiger partial charge on any atom is -0.375 e. The number of hydrogen-bond donors (Lipinski definition) is 0. The Morgan fingerprint density at radius 1 is 0.742 bits per heavy atom. The van der Waals surface area contributed by atoms with Crippen LogP contribution in [0.3, 0.4) is 0 Å². The lowest BCUT2D eigenvalue weighted by atomic mass is 9.96. The van der Waals surface area contributed by atoms with Gasteiger partial charge in [0.1, 0.15) is 0 Å². The maximum atomic E-state index is 13.0. The van der Waals surface area contributed by atoms with Crippen molar-refractivity contribution in [1.29, 1.82) is 0 Å². The summed E-state index contributed by atoms with van der Waals surface area (Å²) in [5.74, 6) is -0.360. The summed E-state index contributed by atoms with van der Waals surface area (Å²) in [6.07, 6.45) is 0. The molecule has 0 saturated carbocycles. The van der Waals surface area contributed by atoms with E-state index in [1.54, 1.807) is 36.4 Å². The molecule has 0 saturated heterocycles. The summed E-state index contributed by atoms with van der Waals surface area (Å²) in [6, 6.07) is 23.2. The van der Waals surface area contributed by atoms with E-state index in [1.165, 1.54) is 17.4 Å². The number of fused-ring (bicyclic) bond motifs is 4. The highest BCUT2D eigenvalue weighted by Gasteiger charge is 2.49. The molecule has 1 aromatic heterocycles. The molecule has 156 valence electrons. The first-order valence-corrected chi connectivity index (χ1v) is 11.4. The smallest absolute Gasteiger partial charge is 0.375 e. The van der Waals surface area contributed by atoms with E-state index in [9.17, 15) is 21.6 Å². The van der Waals surface area contributed by atoms with Gasteiger partial charge in [-0.2, -0.15) is 21.6 Å². The number of hydrogen-bond acceptors (Lipinski definition) is 4. The van der Waals surface area contributed by atoms with Gasteiger partial charge in [-0.25, -0.2) is 0 Å². The standard InChI is InChI=1S/C23H13F3O3S2/c24-23(25,26)31(27,28)29-19-13-12-14-6-1-2-7-15(14)21(19)18-10-5-9-17-16-8-3-4-11-20(16)30-22(17)18/h1-13H. The van der Waals surface area contributed by atoms with Crippen LogP contribution < -0.4 is 4.18 Å². The first-order chi connectivity index (χ1) is 14.8. The molecule has 1 heterocycles.